The Morgan fingerprint density at radius 1 is 1.21 bits per heavy atom. The number of thiazole rings is 1. The summed E-state index contributed by atoms with van der Waals surface area (Å²) < 4.78 is 27.4. The van der Waals surface area contributed by atoms with Crippen LogP contribution in [0.1, 0.15) is 6.92 Å². The predicted octanol–water partition coefficient (Wildman–Crippen LogP) is 2.81. The van der Waals surface area contributed by atoms with E-state index in [-0.39, 0.29) is 15.8 Å². The molecule has 152 valence electrons. The number of aromatic nitrogens is 2. The summed E-state index contributed by atoms with van der Waals surface area (Å²) in [5.41, 5.74) is 1.23. The van der Waals surface area contributed by atoms with E-state index in [1.54, 1.807) is 6.20 Å². The Morgan fingerprint density at radius 3 is 2.62 bits per heavy atom. The highest BCUT2D eigenvalue weighted by Crippen LogP contribution is 2.30. The first kappa shape index (κ1) is 20.0. The molecule has 0 unspecified atom stereocenters. The lowest BCUT2D eigenvalue weighted by atomic mass is 10.3. The zero-order chi connectivity index (χ0) is 20.6. The number of pyridine rings is 1. The number of nitrogens with zero attached hydrogens (tertiary/aromatic N) is 4. The van der Waals surface area contributed by atoms with Crippen molar-refractivity contribution in [3.8, 4) is 0 Å². The number of benzene rings is 1. The number of carbonyl (C=O) groups excluding carboxylic acids is 1. The molecule has 3 aromatic rings. The maximum atomic E-state index is 13.0. The van der Waals surface area contributed by atoms with Gasteiger partial charge in [-0.25, -0.2) is 18.4 Å². The van der Waals surface area contributed by atoms with Gasteiger partial charge in [0.2, 0.25) is 15.9 Å². The van der Waals surface area contributed by atoms with Crippen LogP contribution in [0, 0.1) is 0 Å². The maximum absolute atomic E-state index is 13.0. The second-order valence-corrected chi connectivity index (χ2v) is 9.84. The normalized spacial score (nSPS) is 15.6. The second-order valence-electron chi connectivity index (χ2n) is 6.54. The van der Waals surface area contributed by atoms with Crippen molar-refractivity contribution in [3.63, 3.8) is 0 Å². The molecule has 1 fully saturated rings. The van der Waals surface area contributed by atoms with Crippen LogP contribution in [0.2, 0.25) is 5.02 Å². The summed E-state index contributed by atoms with van der Waals surface area (Å²) in [5, 5.41) is 3.60. The van der Waals surface area contributed by atoms with Crippen molar-refractivity contribution in [2.24, 2.45) is 0 Å². The monoisotopic (exact) mass is 451 g/mol. The van der Waals surface area contributed by atoms with Gasteiger partial charge in [-0.15, -0.1) is 0 Å². The van der Waals surface area contributed by atoms with Crippen LogP contribution in [0.3, 0.4) is 0 Å². The zero-order valence-corrected chi connectivity index (χ0v) is 17.9. The van der Waals surface area contributed by atoms with Gasteiger partial charge >= 0.3 is 0 Å². The van der Waals surface area contributed by atoms with Crippen LogP contribution in [0.4, 0.5) is 10.8 Å². The molecule has 1 aliphatic heterocycles. The van der Waals surface area contributed by atoms with Gasteiger partial charge in [0, 0.05) is 39.3 Å². The molecule has 3 heterocycles. The predicted molar refractivity (Wildman–Crippen MR) is 114 cm³/mol. The highest BCUT2D eigenvalue weighted by Gasteiger charge is 2.30. The number of fused-ring (bicyclic) bond motifs is 1. The van der Waals surface area contributed by atoms with E-state index in [1.807, 2.05) is 12.1 Å². The summed E-state index contributed by atoms with van der Waals surface area (Å²) in [6.07, 6.45) is 1.73. The minimum atomic E-state index is -3.68. The van der Waals surface area contributed by atoms with Gasteiger partial charge in [0.05, 0.1) is 15.6 Å². The first-order valence-corrected chi connectivity index (χ1v) is 11.5. The molecule has 0 aliphatic carbocycles. The Kier molecular flexibility index (Phi) is 5.43. The Morgan fingerprint density at radius 2 is 1.97 bits per heavy atom. The highest BCUT2D eigenvalue weighted by molar-refractivity contribution is 7.89. The number of hydrogen-bond acceptors (Lipinski definition) is 7. The van der Waals surface area contributed by atoms with Gasteiger partial charge in [-0.1, -0.05) is 22.9 Å². The molecule has 29 heavy (non-hydrogen) atoms. The number of piperazine rings is 1. The number of nitrogens with one attached hydrogen (secondary N) is 1. The maximum Gasteiger partial charge on any atom is 0.243 e. The molecule has 1 N–H and O–H groups in total. The van der Waals surface area contributed by atoms with Crippen LogP contribution in [0.15, 0.2) is 41.4 Å². The third-order valence-corrected chi connectivity index (χ3v) is 7.80. The van der Waals surface area contributed by atoms with E-state index in [0.29, 0.717) is 31.9 Å². The van der Waals surface area contributed by atoms with Gasteiger partial charge in [0.25, 0.3) is 0 Å². The van der Waals surface area contributed by atoms with Crippen LogP contribution in [0.25, 0.3) is 10.3 Å². The first-order chi connectivity index (χ1) is 13.8. The lowest BCUT2D eigenvalue weighted by Gasteiger charge is -2.33. The second kappa shape index (κ2) is 7.86. The molecule has 0 spiro atoms. The molecule has 8 nitrogen and oxygen atoms in total. The Labute approximate surface area is 177 Å². The van der Waals surface area contributed by atoms with Crippen molar-refractivity contribution in [3.05, 3.63) is 41.6 Å². The summed E-state index contributed by atoms with van der Waals surface area (Å²) in [6.45, 7) is 3.13. The fourth-order valence-corrected chi connectivity index (χ4v) is 5.81. The number of anilines is 2. The largest absolute Gasteiger partial charge is 0.345 e. The van der Waals surface area contributed by atoms with E-state index in [2.05, 4.69) is 20.2 Å². The minimum absolute atomic E-state index is 0.106. The quantitative estimate of drug-likeness (QED) is 0.655. The molecule has 1 saturated heterocycles. The number of hydrogen-bond donors (Lipinski definition) is 1. The number of amides is 1. The van der Waals surface area contributed by atoms with Crippen molar-refractivity contribution >= 4 is 60.0 Å². The summed E-state index contributed by atoms with van der Waals surface area (Å²) >= 11 is 7.64. The number of sulfonamides is 1. The molecule has 1 aliphatic rings. The molecule has 11 heteroatoms. The summed E-state index contributed by atoms with van der Waals surface area (Å²) in [4.78, 5) is 23.1. The molecule has 0 radical (unpaired) electrons. The third kappa shape index (κ3) is 4.06. The van der Waals surface area contributed by atoms with Crippen molar-refractivity contribution in [1.82, 2.24) is 14.3 Å². The Bertz CT molecular complexity index is 1140. The lowest BCUT2D eigenvalue weighted by Crippen LogP contribution is -2.48. The summed E-state index contributed by atoms with van der Waals surface area (Å²) in [6, 6.07) is 8.09. The molecular weight excluding hydrogens is 434 g/mol. The van der Waals surface area contributed by atoms with Crippen molar-refractivity contribution in [2.45, 2.75) is 11.8 Å². The van der Waals surface area contributed by atoms with E-state index in [1.165, 1.54) is 40.8 Å². The summed E-state index contributed by atoms with van der Waals surface area (Å²) in [7, 11) is -3.68. The van der Waals surface area contributed by atoms with Crippen LogP contribution < -0.4 is 10.2 Å². The number of rotatable bonds is 4. The standard InChI is InChI=1S/C18H18ClN5O3S2/c1-12(25)21-15-5-4-13(11-14(15)19)29(26,27)24-9-7-23(8-10-24)18-22-16-3-2-6-20-17(16)28-18/h2-6,11H,7-10H2,1H3,(H,21,25). The topological polar surface area (TPSA) is 95.5 Å². The van der Waals surface area contributed by atoms with E-state index < -0.39 is 10.0 Å². The van der Waals surface area contributed by atoms with E-state index >= 15 is 0 Å². The highest BCUT2D eigenvalue weighted by atomic mass is 35.5. The smallest absolute Gasteiger partial charge is 0.243 e. The zero-order valence-electron chi connectivity index (χ0n) is 15.5. The Hall–Kier alpha value is -2.27. The molecule has 0 saturated carbocycles. The molecule has 4 rings (SSSR count). The fraction of sp³-hybridized carbons (Fsp3) is 0.278. The van der Waals surface area contributed by atoms with Crippen molar-refractivity contribution in [2.75, 3.05) is 36.4 Å². The van der Waals surface area contributed by atoms with Gasteiger partial charge in [-0.05, 0) is 30.3 Å². The van der Waals surface area contributed by atoms with Crippen LogP contribution >= 0.6 is 22.9 Å². The molecule has 1 amide bonds. The van der Waals surface area contributed by atoms with Gasteiger partial charge in [0.1, 0.15) is 10.3 Å². The minimum Gasteiger partial charge on any atom is -0.345 e. The van der Waals surface area contributed by atoms with Gasteiger partial charge in [-0.3, -0.25) is 4.79 Å². The van der Waals surface area contributed by atoms with Crippen LogP contribution in [0.5, 0.6) is 0 Å². The molecule has 1 aromatic carbocycles. The molecule has 0 bridgehead atoms. The van der Waals surface area contributed by atoms with Gasteiger partial charge < -0.3 is 10.2 Å². The fourth-order valence-electron chi connectivity index (χ4n) is 3.11. The lowest BCUT2D eigenvalue weighted by molar-refractivity contribution is -0.114. The van der Waals surface area contributed by atoms with E-state index in [9.17, 15) is 13.2 Å². The summed E-state index contributed by atoms with van der Waals surface area (Å²) in [5.74, 6) is -0.274. The average Bonchev–Trinajstić information content (AvgIpc) is 3.13. The SMILES string of the molecule is CC(=O)Nc1ccc(S(=O)(=O)N2CCN(c3nc4cccnc4s3)CC2)cc1Cl. The van der Waals surface area contributed by atoms with E-state index in [0.717, 1.165) is 15.5 Å². The van der Waals surface area contributed by atoms with Crippen molar-refractivity contribution < 1.29 is 13.2 Å². The first-order valence-electron chi connectivity index (χ1n) is 8.88. The number of carbonyl (C=O) groups is 1. The van der Waals surface area contributed by atoms with Gasteiger partial charge in [0.15, 0.2) is 5.13 Å². The molecule has 0 atom stereocenters. The van der Waals surface area contributed by atoms with Crippen LogP contribution in [-0.4, -0.2) is 54.8 Å². The third-order valence-electron chi connectivity index (χ3n) is 4.55. The van der Waals surface area contributed by atoms with Crippen LogP contribution in [-0.2, 0) is 14.8 Å². The average molecular weight is 452 g/mol. The van der Waals surface area contributed by atoms with Crippen molar-refractivity contribution in [1.29, 1.82) is 0 Å². The molecular formula is C18H18ClN5O3S2. The van der Waals surface area contributed by atoms with Gasteiger partial charge in [-0.2, -0.15) is 4.31 Å². The Balaban J connectivity index is 1.48. The number of halogens is 1. The molecule has 2 aromatic heterocycles. The van der Waals surface area contributed by atoms with E-state index in [4.69, 9.17) is 11.6 Å².